The molecule has 1 saturated carbocycles. The first kappa shape index (κ1) is 19.0. The van der Waals surface area contributed by atoms with Gasteiger partial charge in [-0.2, -0.15) is 0 Å². The number of aromatic nitrogens is 1. The molecule has 0 atom stereocenters. The summed E-state index contributed by atoms with van der Waals surface area (Å²) >= 11 is 0. The second-order valence-corrected chi connectivity index (χ2v) is 8.88. The largest absolute Gasteiger partial charge is 0.490 e. The quantitative estimate of drug-likeness (QED) is 0.761. The van der Waals surface area contributed by atoms with Gasteiger partial charge in [-0.3, -0.25) is 4.79 Å². The Hall–Kier alpha value is -2.01. The highest BCUT2D eigenvalue weighted by Gasteiger charge is 2.30. The van der Waals surface area contributed by atoms with Crippen LogP contribution in [0.5, 0.6) is 5.75 Å². The van der Waals surface area contributed by atoms with Crippen molar-refractivity contribution in [3.05, 3.63) is 30.5 Å². The molecule has 156 valence electrons. The molecule has 1 aromatic carbocycles. The molecule has 5 heteroatoms. The first-order valence-electron chi connectivity index (χ1n) is 11.4. The molecular weight excluding hydrogens is 364 g/mol. The van der Waals surface area contributed by atoms with Crippen molar-refractivity contribution in [2.45, 2.75) is 63.5 Å². The standard InChI is InChI=1S/C24H32N2O3/c27-24(18-11-16-28-17-12-18)25-13-8-20(9-14-25)29-23-7-3-6-22-21(23)10-15-26(22)19-4-1-2-5-19/h3,6-7,10,15,18-20H,1-2,4-5,8-9,11-14,16-17H2. The fourth-order valence-electron chi connectivity index (χ4n) is 5.34. The third-order valence-electron chi connectivity index (χ3n) is 7.06. The van der Waals surface area contributed by atoms with Crippen LogP contribution in [0.25, 0.3) is 10.9 Å². The van der Waals surface area contributed by atoms with Crippen molar-refractivity contribution in [2.75, 3.05) is 26.3 Å². The Labute approximate surface area is 173 Å². The van der Waals surface area contributed by atoms with Crippen LogP contribution in [0.15, 0.2) is 30.5 Å². The second-order valence-electron chi connectivity index (χ2n) is 8.88. The third-order valence-corrected chi connectivity index (χ3v) is 7.06. The maximum Gasteiger partial charge on any atom is 0.225 e. The van der Waals surface area contributed by atoms with Crippen molar-refractivity contribution in [1.29, 1.82) is 0 Å². The molecule has 1 amide bonds. The van der Waals surface area contributed by atoms with E-state index in [4.69, 9.17) is 9.47 Å². The van der Waals surface area contributed by atoms with Gasteiger partial charge in [-0.05, 0) is 43.9 Å². The topological polar surface area (TPSA) is 43.7 Å². The number of fused-ring (bicyclic) bond motifs is 1. The van der Waals surface area contributed by atoms with Crippen LogP contribution >= 0.6 is 0 Å². The summed E-state index contributed by atoms with van der Waals surface area (Å²) in [5.41, 5.74) is 1.29. The molecule has 2 saturated heterocycles. The Morgan fingerprint density at radius 2 is 1.72 bits per heavy atom. The van der Waals surface area contributed by atoms with Crippen molar-refractivity contribution in [3.63, 3.8) is 0 Å². The second kappa shape index (κ2) is 8.39. The molecule has 1 aromatic heterocycles. The molecule has 0 unspecified atom stereocenters. The van der Waals surface area contributed by atoms with Crippen LogP contribution < -0.4 is 4.74 Å². The van der Waals surface area contributed by atoms with Crippen molar-refractivity contribution in [3.8, 4) is 5.75 Å². The molecule has 0 radical (unpaired) electrons. The number of rotatable bonds is 4. The number of amides is 1. The van der Waals surface area contributed by atoms with Gasteiger partial charge in [0.25, 0.3) is 0 Å². The van der Waals surface area contributed by atoms with Gasteiger partial charge in [0.2, 0.25) is 5.91 Å². The summed E-state index contributed by atoms with van der Waals surface area (Å²) < 4.78 is 14.3. The van der Waals surface area contributed by atoms with E-state index in [0.717, 1.165) is 57.7 Å². The Morgan fingerprint density at radius 3 is 2.48 bits per heavy atom. The van der Waals surface area contributed by atoms with Crippen LogP contribution in [0.1, 0.15) is 57.4 Å². The van der Waals surface area contributed by atoms with E-state index >= 15 is 0 Å². The minimum atomic E-state index is 0.158. The van der Waals surface area contributed by atoms with E-state index in [9.17, 15) is 4.79 Å². The van der Waals surface area contributed by atoms with Crippen LogP contribution in [-0.2, 0) is 9.53 Å². The molecule has 0 bridgehead atoms. The molecule has 3 heterocycles. The molecule has 5 nitrogen and oxygen atoms in total. The van der Waals surface area contributed by atoms with E-state index in [1.807, 2.05) is 4.90 Å². The predicted octanol–water partition coefficient (Wildman–Crippen LogP) is 4.55. The van der Waals surface area contributed by atoms with Crippen LogP contribution in [0.4, 0.5) is 0 Å². The summed E-state index contributed by atoms with van der Waals surface area (Å²) in [6, 6.07) is 9.29. The average Bonchev–Trinajstić information content (AvgIpc) is 3.44. The van der Waals surface area contributed by atoms with Gasteiger partial charge in [-0.1, -0.05) is 18.9 Å². The van der Waals surface area contributed by atoms with Crippen molar-refractivity contribution < 1.29 is 14.3 Å². The highest BCUT2D eigenvalue weighted by molar-refractivity contribution is 5.86. The molecule has 2 aromatic rings. The number of carbonyl (C=O) groups is 1. The summed E-state index contributed by atoms with van der Waals surface area (Å²) in [4.78, 5) is 14.8. The van der Waals surface area contributed by atoms with Gasteiger partial charge in [-0.15, -0.1) is 0 Å². The molecular formula is C24H32N2O3. The number of hydrogen-bond donors (Lipinski definition) is 0. The van der Waals surface area contributed by atoms with Gasteiger partial charge in [0.05, 0.1) is 5.52 Å². The molecule has 5 rings (SSSR count). The van der Waals surface area contributed by atoms with Crippen LogP contribution in [0.2, 0.25) is 0 Å². The molecule has 2 aliphatic heterocycles. The van der Waals surface area contributed by atoms with Gasteiger partial charge in [0.1, 0.15) is 11.9 Å². The Balaban J connectivity index is 1.22. The summed E-state index contributed by atoms with van der Waals surface area (Å²) in [6.45, 7) is 3.06. The van der Waals surface area contributed by atoms with Gasteiger partial charge >= 0.3 is 0 Å². The molecule has 3 aliphatic rings. The minimum absolute atomic E-state index is 0.158. The van der Waals surface area contributed by atoms with Crippen molar-refractivity contribution in [1.82, 2.24) is 9.47 Å². The highest BCUT2D eigenvalue weighted by Crippen LogP contribution is 2.36. The summed E-state index contributed by atoms with van der Waals surface area (Å²) in [5.74, 6) is 1.47. The normalized spacial score (nSPS) is 22.4. The maximum absolute atomic E-state index is 12.7. The number of likely N-dealkylation sites (tertiary alicyclic amines) is 1. The molecule has 1 aliphatic carbocycles. The van der Waals surface area contributed by atoms with Crippen LogP contribution in [-0.4, -0.2) is 47.8 Å². The fraction of sp³-hybridized carbons (Fsp3) is 0.625. The number of carbonyl (C=O) groups excluding carboxylic acids is 1. The number of nitrogens with zero attached hydrogens (tertiary/aromatic N) is 2. The Kier molecular flexibility index (Phi) is 5.49. The fourth-order valence-corrected chi connectivity index (χ4v) is 5.34. The number of piperidine rings is 1. The highest BCUT2D eigenvalue weighted by atomic mass is 16.5. The van der Waals surface area contributed by atoms with Crippen LogP contribution in [0.3, 0.4) is 0 Å². The third kappa shape index (κ3) is 3.89. The number of benzene rings is 1. The lowest BCUT2D eigenvalue weighted by Gasteiger charge is -2.35. The van der Waals surface area contributed by atoms with E-state index in [-0.39, 0.29) is 12.0 Å². The Morgan fingerprint density at radius 1 is 0.966 bits per heavy atom. The van der Waals surface area contributed by atoms with Gasteiger partial charge in [0.15, 0.2) is 0 Å². The van der Waals surface area contributed by atoms with Gasteiger partial charge < -0.3 is 18.9 Å². The van der Waals surface area contributed by atoms with Gasteiger partial charge in [0, 0.05) is 62.7 Å². The smallest absolute Gasteiger partial charge is 0.225 e. The van der Waals surface area contributed by atoms with Gasteiger partial charge in [-0.25, -0.2) is 0 Å². The summed E-state index contributed by atoms with van der Waals surface area (Å²) in [6.07, 6.45) is 11.2. The van der Waals surface area contributed by atoms with E-state index in [2.05, 4.69) is 35.0 Å². The summed E-state index contributed by atoms with van der Waals surface area (Å²) in [7, 11) is 0. The zero-order chi connectivity index (χ0) is 19.6. The van der Waals surface area contributed by atoms with E-state index in [1.165, 1.54) is 36.6 Å². The first-order valence-corrected chi connectivity index (χ1v) is 11.4. The lowest BCUT2D eigenvalue weighted by molar-refractivity contribution is -0.140. The summed E-state index contributed by atoms with van der Waals surface area (Å²) in [5, 5.41) is 1.22. The van der Waals surface area contributed by atoms with Crippen molar-refractivity contribution >= 4 is 16.8 Å². The Bertz CT molecular complexity index is 841. The average molecular weight is 397 g/mol. The minimum Gasteiger partial charge on any atom is -0.490 e. The van der Waals surface area contributed by atoms with E-state index in [0.29, 0.717) is 11.9 Å². The lowest BCUT2D eigenvalue weighted by atomic mass is 9.97. The zero-order valence-electron chi connectivity index (χ0n) is 17.2. The van der Waals surface area contributed by atoms with Crippen molar-refractivity contribution in [2.24, 2.45) is 5.92 Å². The number of hydrogen-bond acceptors (Lipinski definition) is 3. The molecule has 0 N–H and O–H groups in total. The zero-order valence-corrected chi connectivity index (χ0v) is 17.2. The maximum atomic E-state index is 12.7. The van der Waals surface area contributed by atoms with E-state index in [1.54, 1.807) is 0 Å². The SMILES string of the molecule is O=C(C1CCOCC1)N1CCC(Oc2cccc3c2ccn3C2CCCC2)CC1. The predicted molar refractivity (Wildman–Crippen MR) is 113 cm³/mol. The lowest BCUT2D eigenvalue weighted by Crippen LogP contribution is -2.45. The monoisotopic (exact) mass is 396 g/mol. The first-order chi connectivity index (χ1) is 14.3. The van der Waals surface area contributed by atoms with E-state index < -0.39 is 0 Å². The molecule has 29 heavy (non-hydrogen) atoms. The molecule has 0 spiro atoms. The number of ether oxygens (including phenoxy) is 2. The molecule has 3 fully saturated rings. The van der Waals surface area contributed by atoms with Crippen LogP contribution in [0, 0.1) is 5.92 Å².